The molecular weight excluding hydrogens is 386 g/mol. The van der Waals surface area contributed by atoms with Gasteiger partial charge in [-0.1, -0.05) is 50.8 Å². The van der Waals surface area contributed by atoms with Crippen LogP contribution in [-0.2, 0) is 0 Å². The molecule has 4 rings (SSSR count). The minimum Gasteiger partial charge on any atom is -0.204 e. The molecule has 3 aliphatic carbocycles. The van der Waals surface area contributed by atoms with Crippen molar-refractivity contribution in [2.45, 2.75) is 103 Å². The first-order valence-electron chi connectivity index (χ1n) is 13.3. The van der Waals surface area contributed by atoms with Gasteiger partial charge in [0.05, 0.1) is 0 Å². The van der Waals surface area contributed by atoms with Crippen LogP contribution in [0.5, 0.6) is 0 Å². The van der Waals surface area contributed by atoms with Crippen molar-refractivity contribution in [1.82, 2.24) is 0 Å². The van der Waals surface area contributed by atoms with E-state index in [0.717, 1.165) is 42.1 Å². The highest BCUT2D eigenvalue weighted by Gasteiger charge is 2.30. The van der Waals surface area contributed by atoms with Crippen molar-refractivity contribution in [3.63, 3.8) is 0 Å². The molecule has 0 unspecified atom stereocenters. The van der Waals surface area contributed by atoms with Crippen molar-refractivity contribution < 1.29 is 8.78 Å². The highest BCUT2D eigenvalue weighted by atomic mass is 19.2. The normalized spacial score (nSPS) is 34.8. The molecule has 172 valence electrons. The summed E-state index contributed by atoms with van der Waals surface area (Å²) < 4.78 is 26.7. The zero-order chi connectivity index (χ0) is 21.6. The molecule has 0 aliphatic heterocycles. The van der Waals surface area contributed by atoms with Gasteiger partial charge in [-0.05, 0) is 117 Å². The standard InChI is InChI=1S/C29H42F2/c1-2-3-21-6-12-24(13-7-21)25-14-8-22(9-15-25)4-5-23-10-16-26(17-11-23)27-18-19-28(30)29(31)20-27/h4-5,18-26H,2-3,6-17H2,1H3. The summed E-state index contributed by atoms with van der Waals surface area (Å²) in [6.07, 6.45) is 24.0. The number of benzene rings is 1. The van der Waals surface area contributed by atoms with Crippen LogP contribution in [0, 0.1) is 41.2 Å². The molecule has 0 amide bonds. The predicted molar refractivity (Wildman–Crippen MR) is 126 cm³/mol. The van der Waals surface area contributed by atoms with Crippen molar-refractivity contribution in [2.24, 2.45) is 29.6 Å². The lowest BCUT2D eigenvalue weighted by molar-refractivity contribution is 0.152. The van der Waals surface area contributed by atoms with Crippen molar-refractivity contribution >= 4 is 0 Å². The number of hydrogen-bond donors (Lipinski definition) is 0. The molecule has 1 aromatic carbocycles. The maximum absolute atomic E-state index is 13.5. The molecule has 0 N–H and O–H groups in total. The van der Waals surface area contributed by atoms with Crippen LogP contribution in [0.1, 0.15) is 108 Å². The summed E-state index contributed by atoms with van der Waals surface area (Å²) in [5.41, 5.74) is 0.975. The fourth-order valence-electron chi connectivity index (χ4n) is 6.89. The van der Waals surface area contributed by atoms with Crippen molar-refractivity contribution in [2.75, 3.05) is 0 Å². The largest absolute Gasteiger partial charge is 0.204 e. The van der Waals surface area contributed by atoms with Crippen LogP contribution in [0.2, 0.25) is 0 Å². The number of rotatable bonds is 6. The summed E-state index contributed by atoms with van der Waals surface area (Å²) in [4.78, 5) is 0. The van der Waals surface area contributed by atoms with Crippen molar-refractivity contribution in [1.29, 1.82) is 0 Å². The molecular formula is C29H42F2. The lowest BCUT2D eigenvalue weighted by atomic mass is 9.68. The Morgan fingerprint density at radius 2 is 1.26 bits per heavy atom. The summed E-state index contributed by atoms with van der Waals surface area (Å²) in [7, 11) is 0. The maximum Gasteiger partial charge on any atom is 0.159 e. The number of hydrogen-bond acceptors (Lipinski definition) is 0. The Kier molecular flexibility index (Phi) is 8.24. The molecule has 0 atom stereocenters. The third-order valence-electron chi connectivity index (χ3n) is 8.91. The molecule has 0 aromatic heterocycles. The van der Waals surface area contributed by atoms with Gasteiger partial charge in [0.15, 0.2) is 11.6 Å². The van der Waals surface area contributed by atoms with Crippen LogP contribution in [-0.4, -0.2) is 0 Å². The van der Waals surface area contributed by atoms with Crippen LogP contribution >= 0.6 is 0 Å². The highest BCUT2D eigenvalue weighted by Crippen LogP contribution is 2.43. The molecule has 0 radical (unpaired) electrons. The highest BCUT2D eigenvalue weighted by molar-refractivity contribution is 5.22. The van der Waals surface area contributed by atoms with Gasteiger partial charge in [0, 0.05) is 0 Å². The van der Waals surface area contributed by atoms with E-state index in [9.17, 15) is 8.78 Å². The van der Waals surface area contributed by atoms with Gasteiger partial charge in [-0.3, -0.25) is 0 Å². The minimum absolute atomic E-state index is 0.391. The average Bonchev–Trinajstić information content (AvgIpc) is 2.81. The molecule has 0 bridgehead atoms. The smallest absolute Gasteiger partial charge is 0.159 e. The van der Waals surface area contributed by atoms with Gasteiger partial charge < -0.3 is 0 Å². The Morgan fingerprint density at radius 1 is 0.710 bits per heavy atom. The number of halogens is 2. The van der Waals surface area contributed by atoms with Crippen LogP contribution in [0.4, 0.5) is 8.78 Å². The lowest BCUT2D eigenvalue weighted by Crippen LogP contribution is -2.25. The average molecular weight is 429 g/mol. The third-order valence-corrected chi connectivity index (χ3v) is 8.91. The van der Waals surface area contributed by atoms with Crippen molar-refractivity contribution in [3.05, 3.63) is 47.5 Å². The van der Waals surface area contributed by atoms with E-state index < -0.39 is 11.6 Å². The second kappa shape index (κ2) is 11.1. The van der Waals surface area contributed by atoms with E-state index in [2.05, 4.69) is 19.1 Å². The van der Waals surface area contributed by atoms with E-state index in [0.29, 0.717) is 11.8 Å². The van der Waals surface area contributed by atoms with E-state index >= 15 is 0 Å². The van der Waals surface area contributed by atoms with Gasteiger partial charge in [0.1, 0.15) is 0 Å². The Morgan fingerprint density at radius 3 is 1.81 bits per heavy atom. The van der Waals surface area contributed by atoms with E-state index in [4.69, 9.17) is 0 Å². The summed E-state index contributed by atoms with van der Waals surface area (Å²) in [5.74, 6) is 3.46. The summed E-state index contributed by atoms with van der Waals surface area (Å²) in [6, 6.07) is 4.46. The molecule has 0 saturated heterocycles. The SMILES string of the molecule is CCCC1CCC(C2CCC(C=CC3CCC(c4ccc(F)c(F)c4)CC3)CC2)CC1. The molecule has 1 aromatic rings. The van der Waals surface area contributed by atoms with E-state index in [-0.39, 0.29) is 0 Å². The topological polar surface area (TPSA) is 0 Å². The summed E-state index contributed by atoms with van der Waals surface area (Å²) in [6.45, 7) is 2.33. The van der Waals surface area contributed by atoms with E-state index in [1.54, 1.807) is 6.07 Å². The summed E-state index contributed by atoms with van der Waals surface area (Å²) in [5, 5.41) is 0. The van der Waals surface area contributed by atoms with E-state index in [1.165, 1.54) is 89.2 Å². The Bertz CT molecular complexity index is 699. The molecule has 3 fully saturated rings. The van der Waals surface area contributed by atoms with Gasteiger partial charge in [-0.25, -0.2) is 8.78 Å². The second-order valence-corrected chi connectivity index (χ2v) is 10.9. The first kappa shape index (κ1) is 23.0. The molecule has 31 heavy (non-hydrogen) atoms. The summed E-state index contributed by atoms with van der Waals surface area (Å²) >= 11 is 0. The molecule has 2 heteroatoms. The fourth-order valence-corrected chi connectivity index (χ4v) is 6.89. The van der Waals surface area contributed by atoms with Gasteiger partial charge >= 0.3 is 0 Å². The third kappa shape index (κ3) is 6.20. The molecule has 0 nitrogen and oxygen atoms in total. The molecule has 0 spiro atoms. The van der Waals surface area contributed by atoms with E-state index in [1.807, 2.05) is 0 Å². The van der Waals surface area contributed by atoms with Gasteiger partial charge in [0.2, 0.25) is 0 Å². The monoisotopic (exact) mass is 428 g/mol. The maximum atomic E-state index is 13.5. The Labute approximate surface area is 188 Å². The number of allylic oxidation sites excluding steroid dienone is 2. The first-order chi connectivity index (χ1) is 15.1. The zero-order valence-corrected chi connectivity index (χ0v) is 19.5. The van der Waals surface area contributed by atoms with Gasteiger partial charge in [-0.2, -0.15) is 0 Å². The first-order valence-corrected chi connectivity index (χ1v) is 13.3. The second-order valence-electron chi connectivity index (χ2n) is 10.9. The lowest BCUT2D eigenvalue weighted by Gasteiger charge is -2.37. The van der Waals surface area contributed by atoms with Crippen LogP contribution in [0.3, 0.4) is 0 Å². The minimum atomic E-state index is -0.737. The Balaban J connectivity index is 1.17. The quantitative estimate of drug-likeness (QED) is 0.396. The Hall–Kier alpha value is -1.18. The zero-order valence-electron chi connectivity index (χ0n) is 19.5. The molecule has 0 heterocycles. The van der Waals surface area contributed by atoms with Gasteiger partial charge in [-0.15, -0.1) is 0 Å². The molecule has 3 aliphatic rings. The fraction of sp³-hybridized carbons (Fsp3) is 0.724. The van der Waals surface area contributed by atoms with Crippen LogP contribution in [0.15, 0.2) is 30.4 Å². The van der Waals surface area contributed by atoms with Crippen LogP contribution in [0.25, 0.3) is 0 Å². The van der Waals surface area contributed by atoms with Gasteiger partial charge in [0.25, 0.3) is 0 Å². The van der Waals surface area contributed by atoms with Crippen LogP contribution < -0.4 is 0 Å². The predicted octanol–water partition coefficient (Wildman–Crippen LogP) is 9.21. The van der Waals surface area contributed by atoms with Crippen molar-refractivity contribution in [3.8, 4) is 0 Å². The molecule has 3 saturated carbocycles.